The molecule has 0 radical (unpaired) electrons. The Hall–Kier alpha value is -2.94. The molecule has 0 aromatic carbocycles. The number of esters is 3. The molecule has 3 aliphatic carbocycles. The summed E-state index contributed by atoms with van der Waals surface area (Å²) in [6.07, 6.45) is 4.59. The van der Waals surface area contributed by atoms with Crippen LogP contribution in [0, 0.1) is 39.9 Å². The van der Waals surface area contributed by atoms with Gasteiger partial charge in [-0.3, -0.25) is 14.4 Å². The van der Waals surface area contributed by atoms with Crippen LogP contribution >= 0.6 is 0 Å². The number of fused-ring (bicyclic) bond motifs is 5. The number of carbonyl (C=O) groups excluding carboxylic acids is 4. The first-order chi connectivity index (χ1) is 19.3. The first kappa shape index (κ1) is 28.2. The number of rotatable bonds is 5. The highest BCUT2D eigenvalue weighted by molar-refractivity contribution is 5.94. The lowest BCUT2D eigenvalue weighted by molar-refractivity contribution is -0.220. The summed E-state index contributed by atoms with van der Waals surface area (Å²) >= 11 is 0. The van der Waals surface area contributed by atoms with Gasteiger partial charge in [-0.15, -0.1) is 0 Å². The van der Waals surface area contributed by atoms with Gasteiger partial charge in [-0.25, -0.2) is 4.79 Å². The molecule has 0 unspecified atom stereocenters. The van der Waals surface area contributed by atoms with Crippen molar-refractivity contribution in [3.05, 3.63) is 35.8 Å². The molecular weight excluding hydrogens is 528 g/mol. The molecule has 41 heavy (non-hydrogen) atoms. The standard InChI is InChI=1S/C32H40O9/c1-8-16(2)28(36)40-26-23-24(35)31(6,19(29(26,3)4)13-21(33)37-7)18-9-11-30(5)20(32(18)27(23)41-32)14-22(34)39-25(30)17-10-12-38-15-17/h8,10,12,15,18-20,23,25-27H,9,11,13-14H2,1-7H3/t18-,19+,20+,23+,25+,26-,27-,30+,31+,32-/m1/s1. The highest BCUT2D eigenvalue weighted by Gasteiger charge is 2.86. The van der Waals surface area contributed by atoms with Crippen LogP contribution in [0.1, 0.15) is 78.9 Å². The molecule has 0 N–H and O–H groups in total. The van der Waals surface area contributed by atoms with Crippen LogP contribution in [0.2, 0.25) is 0 Å². The predicted octanol–water partition coefficient (Wildman–Crippen LogP) is 4.74. The molecule has 1 aromatic heterocycles. The third kappa shape index (κ3) is 3.56. The quantitative estimate of drug-likeness (QED) is 0.215. The van der Waals surface area contributed by atoms with Crippen molar-refractivity contribution < 1.29 is 42.5 Å². The van der Waals surface area contributed by atoms with Gasteiger partial charge in [0.25, 0.3) is 0 Å². The summed E-state index contributed by atoms with van der Waals surface area (Å²) in [5, 5.41) is 0. The summed E-state index contributed by atoms with van der Waals surface area (Å²) in [4.78, 5) is 53.8. The number of hydrogen-bond donors (Lipinski definition) is 0. The number of ketones is 1. The fourth-order valence-electron chi connectivity index (χ4n) is 9.63. The van der Waals surface area contributed by atoms with Crippen LogP contribution in [0.15, 0.2) is 34.7 Å². The summed E-state index contributed by atoms with van der Waals surface area (Å²) in [6, 6.07) is 1.83. The van der Waals surface area contributed by atoms with E-state index in [4.69, 9.17) is 23.4 Å². The number of allylic oxidation sites excluding steroid dienone is 1. The first-order valence-electron chi connectivity index (χ1n) is 14.6. The first-order valence-corrected chi connectivity index (χ1v) is 14.6. The lowest BCUT2D eigenvalue weighted by Gasteiger charge is -2.65. The summed E-state index contributed by atoms with van der Waals surface area (Å²) < 4.78 is 29.4. The molecule has 2 aliphatic heterocycles. The van der Waals surface area contributed by atoms with Crippen molar-refractivity contribution in [3.8, 4) is 0 Å². The molecule has 9 nitrogen and oxygen atoms in total. The molecule has 1 spiro atoms. The molecule has 5 aliphatic rings. The summed E-state index contributed by atoms with van der Waals surface area (Å²) in [7, 11) is 1.34. The average Bonchev–Trinajstić information content (AvgIpc) is 3.39. The average molecular weight is 569 g/mol. The van der Waals surface area contributed by atoms with E-state index in [0.29, 0.717) is 18.4 Å². The van der Waals surface area contributed by atoms with E-state index in [-0.39, 0.29) is 36.4 Å². The Kier molecular flexibility index (Phi) is 6.21. The van der Waals surface area contributed by atoms with Gasteiger partial charge in [-0.2, -0.15) is 0 Å². The SMILES string of the molecule is CC=C(C)C(=O)O[C@@H]1[C@@H]2C(=O)[C@@](C)([C@H]3CC[C@]4(C)[C@H](c5ccoc5)OC(=O)C[C@@H]4[C@]34O[C@H]24)[C@@H](CC(=O)OC)C1(C)C. The number of epoxide rings is 1. The zero-order valence-electron chi connectivity index (χ0n) is 24.9. The van der Waals surface area contributed by atoms with Gasteiger partial charge in [0.2, 0.25) is 0 Å². The minimum atomic E-state index is -0.957. The van der Waals surface area contributed by atoms with Gasteiger partial charge in [0.05, 0.1) is 32.0 Å². The molecule has 2 bridgehead atoms. The van der Waals surface area contributed by atoms with Crippen LogP contribution in [0.25, 0.3) is 0 Å². The monoisotopic (exact) mass is 568 g/mol. The molecule has 3 heterocycles. The molecular formula is C32H40O9. The number of furan rings is 1. The van der Waals surface area contributed by atoms with Crippen molar-refractivity contribution in [2.45, 2.75) is 91.1 Å². The summed E-state index contributed by atoms with van der Waals surface area (Å²) in [5.41, 5.74) is -1.71. The van der Waals surface area contributed by atoms with Crippen LogP contribution in [-0.2, 0) is 38.1 Å². The van der Waals surface area contributed by atoms with Crippen LogP contribution in [0.3, 0.4) is 0 Å². The van der Waals surface area contributed by atoms with E-state index in [0.717, 1.165) is 5.56 Å². The van der Waals surface area contributed by atoms with E-state index >= 15 is 0 Å². The zero-order valence-corrected chi connectivity index (χ0v) is 24.9. The lowest BCUT2D eigenvalue weighted by Crippen LogP contribution is -2.72. The van der Waals surface area contributed by atoms with Gasteiger partial charge in [0.1, 0.15) is 29.7 Å². The normalized spacial score (nSPS) is 44.1. The maximum absolute atomic E-state index is 14.6. The summed E-state index contributed by atoms with van der Waals surface area (Å²) in [5.74, 6) is -2.91. The van der Waals surface area contributed by atoms with Gasteiger partial charge < -0.3 is 23.4 Å². The Morgan fingerprint density at radius 1 is 1.15 bits per heavy atom. The van der Waals surface area contributed by atoms with Crippen molar-refractivity contribution in [1.82, 2.24) is 0 Å². The Bertz CT molecular complexity index is 1330. The maximum atomic E-state index is 14.6. The second-order valence-corrected chi connectivity index (χ2v) is 13.8. The molecule has 0 amide bonds. The van der Waals surface area contributed by atoms with Crippen LogP contribution in [-0.4, -0.2) is 48.6 Å². The van der Waals surface area contributed by atoms with Gasteiger partial charge in [-0.05, 0) is 38.7 Å². The molecule has 9 heteroatoms. The molecule has 1 aromatic rings. The Morgan fingerprint density at radius 2 is 1.88 bits per heavy atom. The predicted molar refractivity (Wildman–Crippen MR) is 144 cm³/mol. The lowest BCUT2D eigenvalue weighted by atomic mass is 9.37. The van der Waals surface area contributed by atoms with Gasteiger partial charge in [0.15, 0.2) is 0 Å². The van der Waals surface area contributed by atoms with Gasteiger partial charge in [0, 0.05) is 45.6 Å². The Morgan fingerprint density at radius 3 is 2.51 bits per heavy atom. The van der Waals surface area contributed by atoms with E-state index < -0.39 is 63.9 Å². The van der Waals surface area contributed by atoms with Crippen molar-refractivity contribution in [2.75, 3.05) is 7.11 Å². The Balaban J connectivity index is 1.49. The number of carbonyl (C=O) groups is 4. The molecule has 3 saturated carbocycles. The van der Waals surface area contributed by atoms with Crippen molar-refractivity contribution in [1.29, 1.82) is 0 Å². The highest BCUT2D eigenvalue weighted by Crippen LogP contribution is 2.77. The number of methoxy groups -OCH3 is 1. The van der Waals surface area contributed by atoms with Crippen molar-refractivity contribution >= 4 is 23.7 Å². The Labute approximate surface area is 240 Å². The minimum absolute atomic E-state index is 0.00791. The van der Waals surface area contributed by atoms with E-state index in [1.807, 2.05) is 26.8 Å². The largest absolute Gasteiger partial charge is 0.472 e. The second-order valence-electron chi connectivity index (χ2n) is 13.8. The third-order valence-electron chi connectivity index (χ3n) is 11.8. The van der Waals surface area contributed by atoms with E-state index in [1.54, 1.807) is 32.4 Å². The van der Waals surface area contributed by atoms with Crippen LogP contribution in [0.5, 0.6) is 0 Å². The van der Waals surface area contributed by atoms with E-state index in [9.17, 15) is 19.2 Å². The number of cyclic esters (lactones) is 1. The second kappa shape index (κ2) is 9.03. The third-order valence-corrected chi connectivity index (χ3v) is 11.8. The highest BCUT2D eigenvalue weighted by atomic mass is 16.6. The maximum Gasteiger partial charge on any atom is 0.333 e. The number of hydrogen-bond acceptors (Lipinski definition) is 9. The molecule has 6 rings (SSSR count). The van der Waals surface area contributed by atoms with Crippen LogP contribution in [0.4, 0.5) is 0 Å². The van der Waals surface area contributed by atoms with Gasteiger partial charge in [-0.1, -0.05) is 33.8 Å². The summed E-state index contributed by atoms with van der Waals surface area (Å²) in [6.45, 7) is 11.5. The fraction of sp³-hybridized carbons (Fsp3) is 0.688. The number of Topliss-reactive ketones (excluding diaryl/α,β-unsaturated/α-hetero) is 1. The fourth-order valence-corrected chi connectivity index (χ4v) is 9.63. The molecule has 10 atom stereocenters. The zero-order chi connectivity index (χ0) is 29.7. The van der Waals surface area contributed by atoms with Crippen molar-refractivity contribution in [3.63, 3.8) is 0 Å². The van der Waals surface area contributed by atoms with Crippen LogP contribution < -0.4 is 0 Å². The smallest absolute Gasteiger partial charge is 0.333 e. The van der Waals surface area contributed by atoms with E-state index in [2.05, 4.69) is 6.92 Å². The van der Waals surface area contributed by atoms with Crippen molar-refractivity contribution in [2.24, 2.45) is 39.9 Å². The minimum Gasteiger partial charge on any atom is -0.472 e. The molecule has 5 fully saturated rings. The van der Waals surface area contributed by atoms with E-state index in [1.165, 1.54) is 7.11 Å². The molecule has 222 valence electrons. The molecule has 2 saturated heterocycles. The van der Waals surface area contributed by atoms with Gasteiger partial charge >= 0.3 is 17.9 Å². The topological polar surface area (TPSA) is 122 Å². The number of ether oxygens (including phenoxy) is 4.